The highest BCUT2D eigenvalue weighted by Crippen LogP contribution is 2.22. The zero-order valence-corrected chi connectivity index (χ0v) is 15.4. The van der Waals surface area contributed by atoms with Crippen molar-refractivity contribution >= 4 is 39.5 Å². The first kappa shape index (κ1) is 20.9. The van der Waals surface area contributed by atoms with Gasteiger partial charge in [-0.05, 0) is 25.1 Å². The van der Waals surface area contributed by atoms with E-state index in [1.807, 2.05) is 5.32 Å². The number of ether oxygens (including phenoxy) is 1. The number of nitrogens with zero attached hydrogens (tertiary/aromatic N) is 1. The van der Waals surface area contributed by atoms with Crippen LogP contribution in [0.5, 0.6) is 0 Å². The number of nitrogens with one attached hydrogen (secondary N) is 2. The Hall–Kier alpha value is -2.17. The highest BCUT2D eigenvalue weighted by molar-refractivity contribution is 7.89. The van der Waals surface area contributed by atoms with Crippen molar-refractivity contribution in [2.24, 2.45) is 0 Å². The molecule has 0 aliphatic rings. The van der Waals surface area contributed by atoms with Gasteiger partial charge < -0.3 is 10.1 Å². The highest BCUT2D eigenvalue weighted by atomic mass is 35.5. The van der Waals surface area contributed by atoms with Gasteiger partial charge in [0.1, 0.15) is 0 Å². The van der Waals surface area contributed by atoms with E-state index in [1.165, 1.54) is 26.2 Å². The number of imide groups is 1. The average molecular weight is 392 g/mol. The Morgan fingerprint density at radius 3 is 2.44 bits per heavy atom. The first-order valence-corrected chi connectivity index (χ1v) is 8.88. The fraction of sp³-hybridized carbons (Fsp3) is 0.357. The normalized spacial score (nSPS) is 11.1. The number of esters is 1. The fourth-order valence-corrected chi connectivity index (χ4v) is 2.73. The maximum Gasteiger partial charge on any atom is 0.340 e. The molecule has 0 heterocycles. The first-order valence-electron chi connectivity index (χ1n) is 7.06. The number of benzene rings is 1. The molecule has 0 atom stereocenters. The predicted octanol–water partition coefficient (Wildman–Crippen LogP) is 0.593. The summed E-state index contributed by atoms with van der Waals surface area (Å²) in [5.41, 5.74) is -0.213. The lowest BCUT2D eigenvalue weighted by Crippen LogP contribution is -2.41. The summed E-state index contributed by atoms with van der Waals surface area (Å²) in [6.07, 6.45) is 0. The van der Waals surface area contributed by atoms with Gasteiger partial charge in [-0.25, -0.2) is 22.3 Å². The zero-order valence-electron chi connectivity index (χ0n) is 13.8. The molecule has 0 saturated heterocycles. The third kappa shape index (κ3) is 5.69. The molecule has 0 radical (unpaired) electrons. The van der Waals surface area contributed by atoms with Crippen LogP contribution in [0.3, 0.4) is 0 Å². The van der Waals surface area contributed by atoms with Crippen LogP contribution in [0.4, 0.5) is 4.79 Å². The van der Waals surface area contributed by atoms with Crippen LogP contribution in [0.1, 0.15) is 17.3 Å². The summed E-state index contributed by atoms with van der Waals surface area (Å²) in [7, 11) is -1.09. The summed E-state index contributed by atoms with van der Waals surface area (Å²) in [6.45, 7) is 1.26. The monoisotopic (exact) mass is 391 g/mol. The molecule has 1 aromatic rings. The summed E-state index contributed by atoms with van der Waals surface area (Å²) in [6, 6.07) is 2.82. The smallest absolute Gasteiger partial charge is 0.340 e. The number of rotatable bonds is 6. The first-order chi connectivity index (χ1) is 11.6. The Labute approximate surface area is 150 Å². The molecule has 2 N–H and O–H groups in total. The lowest BCUT2D eigenvalue weighted by atomic mass is 10.2. The molecule has 0 aromatic heterocycles. The van der Waals surface area contributed by atoms with Crippen molar-refractivity contribution in [1.29, 1.82) is 0 Å². The van der Waals surface area contributed by atoms with Crippen LogP contribution >= 0.6 is 11.6 Å². The molecule has 0 unspecified atom stereocenters. The van der Waals surface area contributed by atoms with Gasteiger partial charge in [0.2, 0.25) is 10.0 Å². The lowest BCUT2D eigenvalue weighted by Gasteiger charge is -2.13. The zero-order chi connectivity index (χ0) is 19.2. The predicted molar refractivity (Wildman–Crippen MR) is 89.8 cm³/mol. The van der Waals surface area contributed by atoms with Gasteiger partial charge >= 0.3 is 12.0 Å². The minimum absolute atomic E-state index is 0.0353. The molecular formula is C14H18ClN3O6S. The van der Waals surface area contributed by atoms with Crippen molar-refractivity contribution in [1.82, 2.24) is 14.9 Å². The standard InChI is InChI=1S/C14H18ClN3O6S/c1-4-16-14(21)17-12(19)8-24-13(20)10-7-9(5-6-11(10)15)25(22,23)18(2)3/h5-7H,4,8H2,1-3H3,(H2,16,17,19,21). The van der Waals surface area contributed by atoms with Crippen molar-refractivity contribution in [2.75, 3.05) is 27.2 Å². The van der Waals surface area contributed by atoms with Gasteiger partial charge in [-0.1, -0.05) is 11.6 Å². The molecule has 9 nitrogen and oxygen atoms in total. The molecule has 0 bridgehead atoms. The number of carbonyl (C=O) groups excluding carboxylic acids is 3. The molecule has 138 valence electrons. The number of hydrogen-bond donors (Lipinski definition) is 2. The number of sulfonamides is 1. The molecule has 0 aliphatic heterocycles. The Balaban J connectivity index is 2.85. The third-order valence-electron chi connectivity index (χ3n) is 2.86. The molecule has 0 fully saturated rings. The number of urea groups is 1. The van der Waals surface area contributed by atoms with Crippen LogP contribution < -0.4 is 10.6 Å². The average Bonchev–Trinajstić information content (AvgIpc) is 2.52. The summed E-state index contributed by atoms with van der Waals surface area (Å²) in [4.78, 5) is 34.5. The molecular weight excluding hydrogens is 374 g/mol. The quantitative estimate of drug-likeness (QED) is 0.684. The van der Waals surface area contributed by atoms with E-state index in [4.69, 9.17) is 16.3 Å². The molecule has 0 spiro atoms. The Kier molecular flexibility index (Phi) is 7.34. The Bertz CT molecular complexity index is 779. The maximum atomic E-state index is 12.1. The second kappa shape index (κ2) is 8.79. The van der Waals surface area contributed by atoms with Gasteiger partial charge in [-0.15, -0.1) is 0 Å². The van der Waals surface area contributed by atoms with Crippen LogP contribution in [-0.2, 0) is 19.6 Å². The second-order valence-corrected chi connectivity index (χ2v) is 7.47. The van der Waals surface area contributed by atoms with Crippen LogP contribution in [0.2, 0.25) is 5.02 Å². The van der Waals surface area contributed by atoms with Gasteiger partial charge in [0.05, 0.1) is 15.5 Å². The molecule has 0 saturated carbocycles. The number of amides is 3. The Morgan fingerprint density at radius 2 is 1.88 bits per heavy atom. The van der Waals surface area contributed by atoms with E-state index in [0.717, 1.165) is 10.4 Å². The SMILES string of the molecule is CCNC(=O)NC(=O)COC(=O)c1cc(S(=O)(=O)N(C)C)ccc1Cl. The highest BCUT2D eigenvalue weighted by Gasteiger charge is 2.22. The van der Waals surface area contributed by atoms with Crippen LogP contribution in [-0.4, -0.2) is 57.9 Å². The molecule has 25 heavy (non-hydrogen) atoms. The number of halogens is 1. The van der Waals surface area contributed by atoms with E-state index < -0.39 is 34.5 Å². The van der Waals surface area contributed by atoms with Crippen molar-refractivity contribution < 1.29 is 27.5 Å². The topological polar surface area (TPSA) is 122 Å². The molecule has 3 amide bonds. The van der Waals surface area contributed by atoms with Gasteiger partial charge in [0, 0.05) is 20.6 Å². The van der Waals surface area contributed by atoms with E-state index in [9.17, 15) is 22.8 Å². The fourth-order valence-electron chi connectivity index (χ4n) is 1.61. The van der Waals surface area contributed by atoms with Crippen LogP contribution in [0.25, 0.3) is 0 Å². The summed E-state index contributed by atoms with van der Waals surface area (Å²) in [5, 5.41) is 4.25. The largest absolute Gasteiger partial charge is 0.452 e. The van der Waals surface area contributed by atoms with E-state index in [0.29, 0.717) is 6.54 Å². The van der Waals surface area contributed by atoms with E-state index >= 15 is 0 Å². The van der Waals surface area contributed by atoms with E-state index in [-0.39, 0.29) is 15.5 Å². The van der Waals surface area contributed by atoms with Gasteiger partial charge in [0.25, 0.3) is 5.91 Å². The molecule has 0 aliphatic carbocycles. The minimum Gasteiger partial charge on any atom is -0.452 e. The van der Waals surface area contributed by atoms with E-state index in [2.05, 4.69) is 5.32 Å². The lowest BCUT2D eigenvalue weighted by molar-refractivity contribution is -0.123. The van der Waals surface area contributed by atoms with Crippen molar-refractivity contribution in [3.05, 3.63) is 28.8 Å². The second-order valence-electron chi connectivity index (χ2n) is 4.91. The maximum absolute atomic E-state index is 12.1. The number of hydrogen-bond acceptors (Lipinski definition) is 6. The summed E-state index contributed by atoms with van der Waals surface area (Å²) >= 11 is 5.89. The van der Waals surface area contributed by atoms with Crippen molar-refractivity contribution in [3.8, 4) is 0 Å². The summed E-state index contributed by atoms with van der Waals surface area (Å²) in [5.74, 6) is -1.83. The third-order valence-corrected chi connectivity index (χ3v) is 5.00. The van der Waals surface area contributed by atoms with Crippen LogP contribution in [0, 0.1) is 0 Å². The van der Waals surface area contributed by atoms with Crippen LogP contribution in [0.15, 0.2) is 23.1 Å². The van der Waals surface area contributed by atoms with Gasteiger partial charge in [0.15, 0.2) is 6.61 Å². The number of carbonyl (C=O) groups is 3. The van der Waals surface area contributed by atoms with Gasteiger partial charge in [-0.3, -0.25) is 10.1 Å². The van der Waals surface area contributed by atoms with E-state index in [1.54, 1.807) is 6.92 Å². The Morgan fingerprint density at radius 1 is 1.24 bits per heavy atom. The molecule has 11 heteroatoms. The molecule has 1 rings (SSSR count). The molecule has 1 aromatic carbocycles. The summed E-state index contributed by atoms with van der Waals surface area (Å²) < 4.78 is 29.9. The minimum atomic E-state index is -3.77. The van der Waals surface area contributed by atoms with Crippen molar-refractivity contribution in [2.45, 2.75) is 11.8 Å². The van der Waals surface area contributed by atoms with Gasteiger partial charge in [-0.2, -0.15) is 0 Å². The van der Waals surface area contributed by atoms with Crippen molar-refractivity contribution in [3.63, 3.8) is 0 Å².